The molecule has 1 atom stereocenters. The van der Waals surface area contributed by atoms with Gasteiger partial charge in [0.05, 0.1) is 6.10 Å². The Bertz CT molecular complexity index is 394. The number of carbonyl (C=O) groups is 1. The van der Waals surface area contributed by atoms with Crippen LogP contribution in [0.15, 0.2) is 11.8 Å². The van der Waals surface area contributed by atoms with Crippen LogP contribution in [0.2, 0.25) is 19.6 Å². The van der Waals surface area contributed by atoms with Crippen molar-refractivity contribution in [3.8, 4) is 0 Å². The molecule has 0 aromatic heterocycles. The maximum absolute atomic E-state index is 12.0. The zero-order valence-corrected chi connectivity index (χ0v) is 17.9. The van der Waals surface area contributed by atoms with Crippen LogP contribution >= 0.6 is 0 Å². The Morgan fingerprint density at radius 1 is 1.08 bits per heavy atom. The molecule has 0 heterocycles. The Kier molecular flexibility index (Phi) is 10.6. The van der Waals surface area contributed by atoms with E-state index in [0.717, 1.165) is 12.8 Å². The smallest absolute Gasteiger partial charge is 0.333 e. The molecule has 0 unspecified atom stereocenters. The van der Waals surface area contributed by atoms with Crippen molar-refractivity contribution in [2.24, 2.45) is 5.73 Å². The number of carbonyl (C=O) groups excluding carboxylic acids is 1. The fraction of sp³-hybridized carbons (Fsp3) is 0.842. The SMILES string of the molecule is CCCCCCCC[C@@H](O[Si](C)(C)C)/C(N)=C/C(=O)OC(C)(C)C. The Hall–Kier alpha value is -0.813. The van der Waals surface area contributed by atoms with Gasteiger partial charge in [0.2, 0.25) is 0 Å². The van der Waals surface area contributed by atoms with E-state index in [1.54, 1.807) is 0 Å². The number of nitrogens with two attached hydrogens (primary N) is 1. The third-order valence-corrected chi connectivity index (χ3v) is 4.37. The molecule has 0 spiro atoms. The van der Waals surface area contributed by atoms with Gasteiger partial charge in [-0.25, -0.2) is 4.79 Å². The molecule has 0 rings (SSSR count). The molecule has 0 aliphatic heterocycles. The lowest BCUT2D eigenvalue weighted by Crippen LogP contribution is -2.35. The van der Waals surface area contributed by atoms with Gasteiger partial charge in [0.15, 0.2) is 8.32 Å². The Labute approximate surface area is 150 Å². The van der Waals surface area contributed by atoms with E-state index < -0.39 is 19.9 Å². The van der Waals surface area contributed by atoms with Crippen molar-refractivity contribution in [2.45, 2.75) is 104 Å². The summed E-state index contributed by atoms with van der Waals surface area (Å²) in [4.78, 5) is 12.0. The zero-order chi connectivity index (χ0) is 18.8. The lowest BCUT2D eigenvalue weighted by Gasteiger charge is -2.27. The molecule has 0 aliphatic rings. The molecular formula is C19H39NO3Si. The van der Waals surface area contributed by atoms with Crippen molar-refractivity contribution in [1.82, 2.24) is 0 Å². The maximum atomic E-state index is 12.0. The predicted molar refractivity (Wildman–Crippen MR) is 104 cm³/mol. The normalized spacial score (nSPS) is 14.5. The number of rotatable bonds is 11. The molecule has 0 fully saturated rings. The van der Waals surface area contributed by atoms with Crippen LogP contribution in [-0.4, -0.2) is 26.0 Å². The first-order chi connectivity index (χ1) is 10.9. The molecule has 2 N–H and O–H groups in total. The van der Waals surface area contributed by atoms with Crippen molar-refractivity contribution >= 4 is 14.3 Å². The third kappa shape index (κ3) is 13.6. The summed E-state index contributed by atoms with van der Waals surface area (Å²) in [5, 5.41) is 0. The molecule has 0 radical (unpaired) electrons. The third-order valence-electron chi connectivity index (χ3n) is 3.38. The van der Waals surface area contributed by atoms with E-state index in [0.29, 0.717) is 5.70 Å². The summed E-state index contributed by atoms with van der Waals surface area (Å²) in [6.07, 6.45) is 9.43. The summed E-state index contributed by atoms with van der Waals surface area (Å²) in [6.45, 7) is 14.2. The van der Waals surface area contributed by atoms with Gasteiger partial charge in [0.1, 0.15) is 5.60 Å². The zero-order valence-electron chi connectivity index (χ0n) is 16.9. The molecule has 0 aromatic rings. The molecule has 0 amide bonds. The van der Waals surface area contributed by atoms with E-state index in [-0.39, 0.29) is 6.10 Å². The summed E-state index contributed by atoms with van der Waals surface area (Å²) in [7, 11) is -1.74. The second-order valence-corrected chi connectivity index (χ2v) is 12.9. The average molecular weight is 358 g/mol. The van der Waals surface area contributed by atoms with Gasteiger partial charge in [-0.05, 0) is 46.8 Å². The monoisotopic (exact) mass is 357 g/mol. The fourth-order valence-electron chi connectivity index (χ4n) is 2.39. The van der Waals surface area contributed by atoms with E-state index in [2.05, 4.69) is 26.6 Å². The van der Waals surface area contributed by atoms with Gasteiger partial charge in [0.25, 0.3) is 0 Å². The Balaban J connectivity index is 4.65. The summed E-state index contributed by atoms with van der Waals surface area (Å²) in [5.41, 5.74) is 6.14. The number of hydrogen-bond acceptors (Lipinski definition) is 4. The lowest BCUT2D eigenvalue weighted by molar-refractivity contribution is -0.148. The highest BCUT2D eigenvalue weighted by Crippen LogP contribution is 2.19. The molecular weight excluding hydrogens is 318 g/mol. The van der Waals surface area contributed by atoms with Gasteiger partial charge in [-0.3, -0.25) is 0 Å². The number of ether oxygens (including phenoxy) is 1. The standard InChI is InChI=1S/C19H39NO3Si/c1-8-9-10-11-12-13-14-17(23-24(5,6)7)16(20)15-18(21)22-19(2,3)4/h15,17H,8-14,20H2,1-7H3/b16-15-/t17-/m1/s1. The first kappa shape index (κ1) is 23.2. The first-order valence-electron chi connectivity index (χ1n) is 9.32. The van der Waals surface area contributed by atoms with Crippen LogP contribution in [0.25, 0.3) is 0 Å². The topological polar surface area (TPSA) is 61.5 Å². The molecule has 0 bridgehead atoms. The molecule has 0 aliphatic carbocycles. The highest BCUT2D eigenvalue weighted by atomic mass is 28.4. The largest absolute Gasteiger partial charge is 0.457 e. The van der Waals surface area contributed by atoms with Crippen LogP contribution in [0.4, 0.5) is 0 Å². The van der Waals surface area contributed by atoms with Gasteiger partial charge >= 0.3 is 5.97 Å². The van der Waals surface area contributed by atoms with E-state index in [9.17, 15) is 4.79 Å². The maximum Gasteiger partial charge on any atom is 0.333 e. The van der Waals surface area contributed by atoms with Gasteiger partial charge < -0.3 is 14.9 Å². The second-order valence-electron chi connectivity index (χ2n) is 8.45. The molecule has 0 aromatic carbocycles. The molecule has 0 saturated heterocycles. The van der Waals surface area contributed by atoms with Crippen molar-refractivity contribution < 1.29 is 14.0 Å². The van der Waals surface area contributed by atoms with Crippen LogP contribution in [0.3, 0.4) is 0 Å². The van der Waals surface area contributed by atoms with Crippen molar-refractivity contribution in [1.29, 1.82) is 0 Å². The number of unbranched alkanes of at least 4 members (excludes halogenated alkanes) is 5. The van der Waals surface area contributed by atoms with Crippen LogP contribution in [0, 0.1) is 0 Å². The van der Waals surface area contributed by atoms with Gasteiger partial charge in [-0.15, -0.1) is 0 Å². The molecule has 0 saturated carbocycles. The summed E-state index contributed by atoms with van der Waals surface area (Å²) < 4.78 is 11.5. The first-order valence-corrected chi connectivity index (χ1v) is 12.7. The van der Waals surface area contributed by atoms with Crippen LogP contribution < -0.4 is 5.73 Å². The van der Waals surface area contributed by atoms with Crippen molar-refractivity contribution in [3.05, 3.63) is 11.8 Å². The minimum absolute atomic E-state index is 0.185. The predicted octanol–water partition coefficient (Wildman–Crippen LogP) is 5.14. The second kappa shape index (κ2) is 10.9. The average Bonchev–Trinajstić information content (AvgIpc) is 2.37. The molecule has 4 nitrogen and oxygen atoms in total. The minimum atomic E-state index is -1.74. The summed E-state index contributed by atoms with van der Waals surface area (Å²) >= 11 is 0. The molecule has 24 heavy (non-hydrogen) atoms. The quantitative estimate of drug-likeness (QED) is 0.241. The fourth-order valence-corrected chi connectivity index (χ4v) is 3.50. The number of esters is 1. The highest BCUT2D eigenvalue weighted by molar-refractivity contribution is 6.69. The minimum Gasteiger partial charge on any atom is -0.457 e. The van der Waals surface area contributed by atoms with Crippen LogP contribution in [-0.2, 0) is 14.0 Å². The van der Waals surface area contributed by atoms with Crippen LogP contribution in [0.5, 0.6) is 0 Å². The van der Waals surface area contributed by atoms with E-state index in [1.165, 1.54) is 38.2 Å². The summed E-state index contributed by atoms with van der Waals surface area (Å²) in [6, 6.07) is 0. The molecule has 142 valence electrons. The lowest BCUT2D eigenvalue weighted by atomic mass is 10.1. The van der Waals surface area contributed by atoms with E-state index in [4.69, 9.17) is 14.9 Å². The number of hydrogen-bond donors (Lipinski definition) is 1. The highest BCUT2D eigenvalue weighted by Gasteiger charge is 2.24. The van der Waals surface area contributed by atoms with E-state index in [1.807, 2.05) is 20.8 Å². The van der Waals surface area contributed by atoms with Crippen LogP contribution in [0.1, 0.15) is 72.6 Å². The Morgan fingerprint density at radius 2 is 1.62 bits per heavy atom. The van der Waals surface area contributed by atoms with Gasteiger partial charge in [0, 0.05) is 11.8 Å². The Morgan fingerprint density at radius 3 is 2.12 bits per heavy atom. The summed E-state index contributed by atoms with van der Waals surface area (Å²) in [5.74, 6) is -0.396. The van der Waals surface area contributed by atoms with Gasteiger partial charge in [-0.1, -0.05) is 45.4 Å². The molecule has 5 heteroatoms. The van der Waals surface area contributed by atoms with E-state index >= 15 is 0 Å². The van der Waals surface area contributed by atoms with Gasteiger partial charge in [-0.2, -0.15) is 0 Å². The van der Waals surface area contributed by atoms with Crippen molar-refractivity contribution in [2.75, 3.05) is 0 Å². The van der Waals surface area contributed by atoms with Crippen molar-refractivity contribution in [3.63, 3.8) is 0 Å².